The molecule has 1 aliphatic heterocycles. The standard InChI is InChI=1S/C21H27ClN2O2S/c1-3-5-16-6-11-19(22)21(14-16)27(25,26)18-9-7-17(8-10-18)20-15-23-12-13-24(20)4-2/h6-11,14,20,23H,3-5,12-13,15H2,1-2H3. The Labute approximate surface area is 167 Å². The monoisotopic (exact) mass is 406 g/mol. The van der Waals surface area contributed by atoms with E-state index in [1.807, 2.05) is 18.2 Å². The zero-order valence-corrected chi connectivity index (χ0v) is 17.5. The number of hydrogen-bond acceptors (Lipinski definition) is 4. The molecule has 1 N–H and O–H groups in total. The molecule has 1 heterocycles. The lowest BCUT2D eigenvalue weighted by Gasteiger charge is -2.35. The van der Waals surface area contributed by atoms with Gasteiger partial charge in [-0.2, -0.15) is 0 Å². The molecule has 0 amide bonds. The van der Waals surface area contributed by atoms with Crippen molar-refractivity contribution in [2.75, 3.05) is 26.2 Å². The Hall–Kier alpha value is -1.40. The minimum Gasteiger partial charge on any atom is -0.314 e. The number of rotatable bonds is 6. The molecule has 0 aromatic heterocycles. The van der Waals surface area contributed by atoms with Gasteiger partial charge in [-0.25, -0.2) is 8.42 Å². The summed E-state index contributed by atoms with van der Waals surface area (Å²) in [4.78, 5) is 2.89. The predicted octanol–water partition coefficient (Wildman–Crippen LogP) is 4.09. The number of hydrogen-bond donors (Lipinski definition) is 1. The maximum absolute atomic E-state index is 13.1. The summed E-state index contributed by atoms with van der Waals surface area (Å²) >= 11 is 6.23. The van der Waals surface area contributed by atoms with Gasteiger partial charge in [0.15, 0.2) is 0 Å². The predicted molar refractivity (Wildman–Crippen MR) is 110 cm³/mol. The van der Waals surface area contributed by atoms with E-state index in [4.69, 9.17) is 11.6 Å². The van der Waals surface area contributed by atoms with Gasteiger partial charge in [-0.1, -0.05) is 50.1 Å². The summed E-state index contributed by atoms with van der Waals surface area (Å²) in [6.07, 6.45) is 1.79. The average molecular weight is 407 g/mol. The first-order chi connectivity index (χ1) is 13.0. The summed E-state index contributed by atoms with van der Waals surface area (Å²) in [5, 5.41) is 3.69. The maximum atomic E-state index is 13.1. The largest absolute Gasteiger partial charge is 0.314 e. The van der Waals surface area contributed by atoms with Crippen LogP contribution < -0.4 is 5.32 Å². The minimum atomic E-state index is -3.64. The van der Waals surface area contributed by atoms with Gasteiger partial charge < -0.3 is 5.32 Å². The fraction of sp³-hybridized carbons (Fsp3) is 0.429. The van der Waals surface area contributed by atoms with E-state index in [9.17, 15) is 8.42 Å². The molecule has 1 fully saturated rings. The van der Waals surface area contributed by atoms with Crippen molar-refractivity contribution in [1.29, 1.82) is 0 Å². The lowest BCUT2D eigenvalue weighted by molar-refractivity contribution is 0.171. The number of nitrogens with one attached hydrogen (secondary N) is 1. The van der Waals surface area contributed by atoms with E-state index >= 15 is 0 Å². The molecule has 3 rings (SSSR count). The van der Waals surface area contributed by atoms with Gasteiger partial charge in [-0.05, 0) is 48.4 Å². The Balaban J connectivity index is 1.91. The van der Waals surface area contributed by atoms with Gasteiger partial charge in [0.25, 0.3) is 0 Å². The van der Waals surface area contributed by atoms with E-state index < -0.39 is 9.84 Å². The number of nitrogens with zero attached hydrogens (tertiary/aromatic N) is 1. The number of piperazine rings is 1. The zero-order chi connectivity index (χ0) is 19.4. The van der Waals surface area contributed by atoms with Crippen molar-refractivity contribution in [3.63, 3.8) is 0 Å². The Morgan fingerprint density at radius 1 is 1.15 bits per heavy atom. The fourth-order valence-corrected chi connectivity index (χ4v) is 5.45. The molecular weight excluding hydrogens is 380 g/mol. The minimum absolute atomic E-state index is 0.192. The Morgan fingerprint density at radius 2 is 1.89 bits per heavy atom. The van der Waals surface area contributed by atoms with E-state index in [1.54, 1.807) is 24.3 Å². The van der Waals surface area contributed by atoms with Crippen molar-refractivity contribution < 1.29 is 8.42 Å². The van der Waals surface area contributed by atoms with Crippen LogP contribution in [0.1, 0.15) is 37.4 Å². The van der Waals surface area contributed by atoms with Gasteiger partial charge >= 0.3 is 0 Å². The lowest BCUT2D eigenvalue weighted by Crippen LogP contribution is -2.45. The molecule has 0 radical (unpaired) electrons. The summed E-state index contributed by atoms with van der Waals surface area (Å²) in [7, 11) is -3.64. The van der Waals surface area contributed by atoms with E-state index in [2.05, 4.69) is 24.1 Å². The second kappa shape index (κ2) is 8.74. The van der Waals surface area contributed by atoms with E-state index in [-0.39, 0.29) is 20.9 Å². The van der Waals surface area contributed by atoms with Gasteiger partial charge in [-0.15, -0.1) is 0 Å². The van der Waals surface area contributed by atoms with Gasteiger partial charge in [0.05, 0.1) is 14.8 Å². The van der Waals surface area contributed by atoms with Crippen LogP contribution >= 0.6 is 11.6 Å². The number of aryl methyl sites for hydroxylation is 1. The van der Waals surface area contributed by atoms with Crippen molar-refractivity contribution in [2.45, 2.75) is 42.5 Å². The van der Waals surface area contributed by atoms with Gasteiger partial charge in [0.2, 0.25) is 9.84 Å². The van der Waals surface area contributed by atoms with Crippen LogP contribution in [-0.4, -0.2) is 39.5 Å². The van der Waals surface area contributed by atoms with Gasteiger partial charge in [0.1, 0.15) is 0 Å². The maximum Gasteiger partial charge on any atom is 0.208 e. The molecule has 1 saturated heterocycles. The average Bonchev–Trinajstić information content (AvgIpc) is 2.69. The third-order valence-electron chi connectivity index (χ3n) is 5.16. The van der Waals surface area contributed by atoms with Crippen LogP contribution in [0.2, 0.25) is 5.02 Å². The van der Waals surface area contributed by atoms with Crippen LogP contribution in [-0.2, 0) is 16.3 Å². The van der Waals surface area contributed by atoms with Crippen LogP contribution in [0.15, 0.2) is 52.3 Å². The molecule has 0 aliphatic carbocycles. The first-order valence-electron chi connectivity index (χ1n) is 9.55. The molecule has 1 unspecified atom stereocenters. The molecule has 6 heteroatoms. The Morgan fingerprint density at radius 3 is 2.56 bits per heavy atom. The smallest absolute Gasteiger partial charge is 0.208 e. The highest BCUT2D eigenvalue weighted by Gasteiger charge is 2.25. The van der Waals surface area contributed by atoms with E-state index in [0.29, 0.717) is 0 Å². The molecule has 27 heavy (non-hydrogen) atoms. The Bertz CT molecular complexity index is 882. The van der Waals surface area contributed by atoms with Crippen molar-refractivity contribution >= 4 is 21.4 Å². The second-order valence-corrected chi connectivity index (χ2v) is 9.26. The molecule has 0 bridgehead atoms. The van der Waals surface area contributed by atoms with Crippen LogP contribution in [0.4, 0.5) is 0 Å². The lowest BCUT2D eigenvalue weighted by atomic mass is 10.0. The fourth-order valence-electron chi connectivity index (χ4n) is 3.65. The second-order valence-electron chi connectivity index (χ2n) is 6.94. The first-order valence-corrected chi connectivity index (χ1v) is 11.4. The third-order valence-corrected chi connectivity index (χ3v) is 7.41. The topological polar surface area (TPSA) is 49.4 Å². The van der Waals surface area contributed by atoms with Crippen LogP contribution in [0, 0.1) is 0 Å². The quantitative estimate of drug-likeness (QED) is 0.784. The number of halogens is 1. The molecule has 2 aromatic carbocycles. The molecular formula is C21H27ClN2O2S. The van der Waals surface area contributed by atoms with E-state index in [1.165, 1.54) is 0 Å². The highest BCUT2D eigenvalue weighted by molar-refractivity contribution is 7.91. The molecule has 1 aliphatic rings. The van der Waals surface area contributed by atoms with Crippen molar-refractivity contribution in [1.82, 2.24) is 10.2 Å². The Kier molecular flexibility index (Phi) is 6.58. The number of likely N-dealkylation sites (N-methyl/N-ethyl adjacent to an activating group) is 1. The summed E-state index contributed by atoms with van der Waals surface area (Å²) in [6.45, 7) is 8.07. The molecule has 4 nitrogen and oxygen atoms in total. The van der Waals surface area contributed by atoms with Crippen LogP contribution in [0.5, 0.6) is 0 Å². The highest BCUT2D eigenvalue weighted by atomic mass is 35.5. The molecule has 0 spiro atoms. The van der Waals surface area contributed by atoms with Crippen molar-refractivity contribution in [3.8, 4) is 0 Å². The summed E-state index contributed by atoms with van der Waals surface area (Å²) in [6, 6.07) is 12.8. The van der Waals surface area contributed by atoms with Gasteiger partial charge in [0, 0.05) is 25.7 Å². The molecule has 0 saturated carbocycles. The summed E-state index contributed by atoms with van der Waals surface area (Å²) in [5.41, 5.74) is 2.12. The van der Waals surface area contributed by atoms with Crippen LogP contribution in [0.3, 0.4) is 0 Å². The molecule has 2 aromatic rings. The number of benzene rings is 2. The third kappa shape index (κ3) is 4.37. The van der Waals surface area contributed by atoms with Crippen LogP contribution in [0.25, 0.3) is 0 Å². The summed E-state index contributed by atoms with van der Waals surface area (Å²) in [5.74, 6) is 0. The molecule has 146 valence electrons. The normalized spacial score (nSPS) is 18.6. The van der Waals surface area contributed by atoms with Gasteiger partial charge in [-0.3, -0.25) is 4.90 Å². The van der Waals surface area contributed by atoms with Crippen molar-refractivity contribution in [2.24, 2.45) is 0 Å². The zero-order valence-electron chi connectivity index (χ0n) is 15.9. The summed E-state index contributed by atoms with van der Waals surface area (Å²) < 4.78 is 26.2. The SMILES string of the molecule is CCCc1ccc(Cl)c(S(=O)(=O)c2ccc(C3CNCCN3CC)cc2)c1. The highest BCUT2D eigenvalue weighted by Crippen LogP contribution is 2.30. The van der Waals surface area contributed by atoms with Crippen molar-refractivity contribution in [3.05, 3.63) is 58.6 Å². The van der Waals surface area contributed by atoms with E-state index in [0.717, 1.165) is 50.1 Å². The molecule has 1 atom stereocenters. The first kappa shape index (κ1) is 20.3. The number of sulfone groups is 1.